The molecule has 0 unspecified atom stereocenters. The number of ether oxygens (including phenoxy) is 1. The van der Waals surface area contributed by atoms with Crippen molar-refractivity contribution in [3.05, 3.63) is 23.4 Å². The summed E-state index contributed by atoms with van der Waals surface area (Å²) in [5.41, 5.74) is 1.68. The van der Waals surface area contributed by atoms with Crippen molar-refractivity contribution in [1.82, 2.24) is 0 Å². The van der Waals surface area contributed by atoms with Gasteiger partial charge in [0, 0.05) is 5.92 Å². The van der Waals surface area contributed by atoms with Crippen LogP contribution in [-0.2, 0) is 9.53 Å². The second-order valence-electron chi connectivity index (χ2n) is 4.20. The van der Waals surface area contributed by atoms with Gasteiger partial charge in [0.2, 0.25) is 0 Å². The van der Waals surface area contributed by atoms with Crippen LogP contribution in [-0.4, -0.2) is 42.6 Å². The third kappa shape index (κ3) is 1.69. The molecule has 2 atom stereocenters. The number of fused-ring (bicyclic) bond motifs is 1. The number of methoxy groups -OCH3 is 1. The molecule has 2 aliphatic rings. The van der Waals surface area contributed by atoms with Gasteiger partial charge < -0.3 is 9.84 Å². The molecule has 0 radical (unpaired) electrons. The van der Waals surface area contributed by atoms with Crippen molar-refractivity contribution in [1.29, 1.82) is 0 Å². The van der Waals surface area contributed by atoms with Gasteiger partial charge in [-0.15, -0.1) is 0 Å². The maximum absolute atomic E-state index is 11.6. The summed E-state index contributed by atoms with van der Waals surface area (Å²) in [5.74, 6) is -0.0116. The van der Waals surface area contributed by atoms with E-state index in [2.05, 4.69) is 0 Å². The molecule has 86 valence electrons. The second-order valence-corrected chi connectivity index (χ2v) is 4.20. The average Bonchev–Trinajstić information content (AvgIpc) is 2.69. The Morgan fingerprint density at radius 1 is 1.69 bits per heavy atom. The largest absolute Gasteiger partial charge is 0.465 e. The zero-order valence-corrected chi connectivity index (χ0v) is 9.51. The number of aliphatic hydroxyl groups excluding tert-OH is 1. The van der Waals surface area contributed by atoms with E-state index in [0.717, 1.165) is 12.0 Å². The number of allylic oxidation sites excluding steroid dienone is 1. The van der Waals surface area contributed by atoms with Gasteiger partial charge in [0.25, 0.3) is 0 Å². The molecular weight excluding hydrogens is 206 g/mol. The summed E-state index contributed by atoms with van der Waals surface area (Å²) in [6.45, 7) is 0.0555. The van der Waals surface area contributed by atoms with Crippen LogP contribution in [0.15, 0.2) is 23.4 Å². The molecule has 0 fully saturated rings. The Bertz CT molecular complexity index is 406. The molecule has 1 heterocycles. The number of esters is 1. The van der Waals surface area contributed by atoms with Crippen LogP contribution in [0.1, 0.15) is 6.42 Å². The first-order valence-electron chi connectivity index (χ1n) is 5.34. The monoisotopic (exact) mass is 222 g/mol. The number of hydrogen-bond acceptors (Lipinski definition) is 3. The summed E-state index contributed by atoms with van der Waals surface area (Å²) in [6.07, 6.45) is 6.65. The Hall–Kier alpha value is -1.42. The van der Waals surface area contributed by atoms with Gasteiger partial charge in [0.05, 0.1) is 19.6 Å². The Morgan fingerprint density at radius 3 is 3.06 bits per heavy atom. The Kier molecular flexibility index (Phi) is 2.92. The lowest BCUT2D eigenvalue weighted by Crippen LogP contribution is -2.29. The van der Waals surface area contributed by atoms with Gasteiger partial charge in [-0.25, -0.2) is 9.37 Å². The molecule has 0 bridgehead atoms. The molecule has 0 aromatic carbocycles. The van der Waals surface area contributed by atoms with E-state index in [1.54, 1.807) is 6.20 Å². The first-order valence-corrected chi connectivity index (χ1v) is 5.34. The van der Waals surface area contributed by atoms with Gasteiger partial charge in [-0.05, 0) is 12.0 Å². The number of hydrogen-bond donors (Lipinski definition) is 1. The maximum atomic E-state index is 11.6. The van der Waals surface area contributed by atoms with Gasteiger partial charge in [0.15, 0.2) is 12.4 Å². The molecule has 0 saturated carbocycles. The summed E-state index contributed by atoms with van der Waals surface area (Å²) < 4.78 is 6.64. The fraction of sp³-hybridized carbons (Fsp3) is 0.500. The van der Waals surface area contributed by atoms with Crippen molar-refractivity contribution in [3.8, 4) is 0 Å². The van der Waals surface area contributed by atoms with Crippen LogP contribution in [0.5, 0.6) is 0 Å². The number of nitrogens with zero attached hydrogens (tertiary/aromatic N) is 1. The molecule has 0 saturated heterocycles. The molecule has 16 heavy (non-hydrogen) atoms. The Balaban J connectivity index is 2.31. The third-order valence-electron chi connectivity index (χ3n) is 3.24. The predicted octanol–water partition coefficient (Wildman–Crippen LogP) is 0.325. The number of rotatable bonds is 2. The molecule has 0 spiro atoms. The SMILES string of the molecule is COC(=O)C1=C[N+](C)=C[C@@H]2C(CO)=CC[C@H]12. The second kappa shape index (κ2) is 4.22. The Morgan fingerprint density at radius 2 is 2.44 bits per heavy atom. The summed E-state index contributed by atoms with van der Waals surface area (Å²) in [7, 11) is 3.28. The molecule has 2 rings (SSSR count). The van der Waals surface area contributed by atoms with Crippen LogP contribution in [0, 0.1) is 11.8 Å². The Labute approximate surface area is 94.5 Å². The van der Waals surface area contributed by atoms with E-state index >= 15 is 0 Å². The first-order chi connectivity index (χ1) is 7.67. The van der Waals surface area contributed by atoms with Crippen LogP contribution in [0.2, 0.25) is 0 Å². The third-order valence-corrected chi connectivity index (χ3v) is 3.24. The van der Waals surface area contributed by atoms with Gasteiger partial charge in [-0.2, -0.15) is 0 Å². The predicted molar refractivity (Wildman–Crippen MR) is 59.1 cm³/mol. The standard InChI is InChI=1S/C12H16NO3/c1-13-5-10-8(7-14)3-4-9(10)11(6-13)12(15)16-2/h3,5-6,9-10,14H,4,7H2,1-2H3/q+1/t9-,10+/m0/s1. The zero-order valence-electron chi connectivity index (χ0n) is 9.51. The number of carbonyl (C=O) groups is 1. The summed E-state index contributed by atoms with van der Waals surface area (Å²) in [4.78, 5) is 11.6. The number of carbonyl (C=O) groups excluding carboxylic acids is 1. The normalized spacial score (nSPS) is 27.8. The molecule has 0 aromatic rings. The average molecular weight is 222 g/mol. The first kappa shape index (κ1) is 11.1. The van der Waals surface area contributed by atoms with Gasteiger partial charge >= 0.3 is 5.97 Å². The smallest absolute Gasteiger partial charge is 0.340 e. The van der Waals surface area contributed by atoms with Crippen LogP contribution in [0.4, 0.5) is 0 Å². The lowest BCUT2D eigenvalue weighted by Gasteiger charge is -2.21. The molecule has 1 aliphatic carbocycles. The minimum atomic E-state index is -0.275. The van der Waals surface area contributed by atoms with Gasteiger partial charge in [-0.3, -0.25) is 0 Å². The van der Waals surface area contributed by atoms with Crippen molar-refractivity contribution in [3.63, 3.8) is 0 Å². The van der Waals surface area contributed by atoms with Crippen LogP contribution >= 0.6 is 0 Å². The lowest BCUT2D eigenvalue weighted by atomic mass is 9.84. The molecule has 1 aliphatic heterocycles. The van der Waals surface area contributed by atoms with E-state index in [-0.39, 0.29) is 24.4 Å². The van der Waals surface area contributed by atoms with Crippen LogP contribution < -0.4 is 0 Å². The number of aliphatic hydroxyl groups is 1. The highest BCUT2D eigenvalue weighted by molar-refractivity contribution is 5.90. The van der Waals surface area contributed by atoms with E-state index < -0.39 is 0 Å². The fourth-order valence-corrected chi connectivity index (χ4v) is 2.44. The minimum Gasteiger partial charge on any atom is -0.465 e. The van der Waals surface area contributed by atoms with Gasteiger partial charge in [-0.1, -0.05) is 6.08 Å². The summed E-state index contributed by atoms with van der Waals surface area (Å²) >= 11 is 0. The van der Waals surface area contributed by atoms with Crippen LogP contribution in [0.3, 0.4) is 0 Å². The van der Waals surface area contributed by atoms with Crippen molar-refractivity contribution >= 4 is 12.2 Å². The van der Waals surface area contributed by atoms with E-state index in [4.69, 9.17) is 4.74 Å². The molecule has 1 N–H and O–H groups in total. The minimum absolute atomic E-state index is 0.0555. The maximum Gasteiger partial charge on any atom is 0.340 e. The van der Waals surface area contributed by atoms with Crippen LogP contribution in [0.25, 0.3) is 0 Å². The van der Waals surface area contributed by atoms with Crippen molar-refractivity contribution in [2.75, 3.05) is 20.8 Å². The molecule has 4 nitrogen and oxygen atoms in total. The fourth-order valence-electron chi connectivity index (χ4n) is 2.44. The van der Waals surface area contributed by atoms with Crippen molar-refractivity contribution in [2.45, 2.75) is 6.42 Å². The lowest BCUT2D eigenvalue weighted by molar-refractivity contribution is -0.423. The molecule has 4 heteroatoms. The molecule has 0 aromatic heterocycles. The highest BCUT2D eigenvalue weighted by Gasteiger charge is 2.39. The van der Waals surface area contributed by atoms with E-state index in [0.29, 0.717) is 5.57 Å². The van der Waals surface area contributed by atoms with E-state index in [9.17, 15) is 9.90 Å². The highest BCUT2D eigenvalue weighted by Crippen LogP contribution is 2.37. The summed E-state index contributed by atoms with van der Waals surface area (Å²) in [5, 5.41) is 9.23. The topological polar surface area (TPSA) is 49.5 Å². The molecular formula is C12H16NO3+. The quantitative estimate of drug-likeness (QED) is 0.416. The van der Waals surface area contributed by atoms with E-state index in [1.165, 1.54) is 7.11 Å². The van der Waals surface area contributed by atoms with E-state index in [1.807, 2.05) is 23.9 Å². The zero-order chi connectivity index (χ0) is 11.7. The highest BCUT2D eigenvalue weighted by atomic mass is 16.5. The molecule has 0 amide bonds. The van der Waals surface area contributed by atoms with Crippen molar-refractivity contribution in [2.24, 2.45) is 11.8 Å². The summed E-state index contributed by atoms with van der Waals surface area (Å²) in [6, 6.07) is 0. The van der Waals surface area contributed by atoms with Crippen molar-refractivity contribution < 1.29 is 19.2 Å². The van der Waals surface area contributed by atoms with Gasteiger partial charge in [0.1, 0.15) is 12.6 Å².